The number of hydrogen-bond acceptors (Lipinski definition) is 5. The first-order chi connectivity index (χ1) is 11.1. The molecule has 0 bridgehead atoms. The lowest BCUT2D eigenvalue weighted by atomic mass is 10.2. The smallest absolute Gasteiger partial charge is 0.407 e. The fourth-order valence-corrected chi connectivity index (χ4v) is 2.23. The zero-order valence-electron chi connectivity index (χ0n) is 14.3. The maximum Gasteiger partial charge on any atom is 0.407 e. The van der Waals surface area contributed by atoms with Crippen molar-refractivity contribution in [3.63, 3.8) is 0 Å². The van der Waals surface area contributed by atoms with Crippen LogP contribution in [0, 0.1) is 5.92 Å². The average Bonchev–Trinajstić information content (AvgIpc) is 3.30. The molecule has 1 amide bonds. The Morgan fingerprint density at radius 2 is 2.25 bits per heavy atom. The fraction of sp³-hybridized carbons (Fsp3) is 0.714. The van der Waals surface area contributed by atoms with Gasteiger partial charge in [-0.3, -0.25) is 9.67 Å². The highest BCUT2D eigenvalue weighted by molar-refractivity contribution is 14.0. The summed E-state index contributed by atoms with van der Waals surface area (Å²) in [4.78, 5) is 19.9. The maximum absolute atomic E-state index is 11.6. The van der Waals surface area contributed by atoms with E-state index in [0.29, 0.717) is 31.6 Å². The molecule has 1 aliphatic rings. The number of guanidine groups is 1. The van der Waals surface area contributed by atoms with Crippen LogP contribution in [0.4, 0.5) is 4.79 Å². The van der Waals surface area contributed by atoms with Crippen molar-refractivity contribution in [1.82, 2.24) is 30.7 Å². The minimum absolute atomic E-state index is 0. The third kappa shape index (κ3) is 6.49. The third-order valence-electron chi connectivity index (χ3n) is 3.70. The minimum atomic E-state index is -0.367. The van der Waals surface area contributed by atoms with Crippen LogP contribution in [0.5, 0.6) is 0 Å². The van der Waals surface area contributed by atoms with E-state index in [2.05, 4.69) is 31.0 Å². The summed E-state index contributed by atoms with van der Waals surface area (Å²) in [6.07, 6.45) is 3.40. The summed E-state index contributed by atoms with van der Waals surface area (Å²) in [7, 11) is 3.55. The zero-order chi connectivity index (χ0) is 16.7. The first-order valence-electron chi connectivity index (χ1n) is 7.84. The number of amides is 1. The molecule has 24 heavy (non-hydrogen) atoms. The molecule has 136 valence electrons. The van der Waals surface area contributed by atoms with Gasteiger partial charge in [0.15, 0.2) is 5.96 Å². The van der Waals surface area contributed by atoms with Gasteiger partial charge in [-0.25, -0.2) is 9.78 Å². The molecule has 0 aliphatic heterocycles. The van der Waals surface area contributed by atoms with Crippen molar-refractivity contribution >= 4 is 36.0 Å². The predicted octanol–water partition coefficient (Wildman–Crippen LogP) is 0.623. The monoisotopic (exact) mass is 451 g/mol. The van der Waals surface area contributed by atoms with Crippen LogP contribution in [0.3, 0.4) is 0 Å². The Bertz CT molecular complexity index is 545. The van der Waals surface area contributed by atoms with Crippen LogP contribution in [0.1, 0.15) is 25.6 Å². The van der Waals surface area contributed by atoms with Crippen molar-refractivity contribution in [2.45, 2.75) is 32.4 Å². The van der Waals surface area contributed by atoms with Gasteiger partial charge in [0.25, 0.3) is 0 Å². The van der Waals surface area contributed by atoms with Crippen LogP contribution in [-0.4, -0.2) is 53.1 Å². The second-order valence-corrected chi connectivity index (χ2v) is 5.42. The van der Waals surface area contributed by atoms with Gasteiger partial charge in [0.2, 0.25) is 0 Å². The Labute approximate surface area is 159 Å². The molecule has 9 nitrogen and oxygen atoms in total. The van der Waals surface area contributed by atoms with E-state index in [1.807, 2.05) is 7.05 Å². The van der Waals surface area contributed by atoms with Crippen LogP contribution in [0.2, 0.25) is 0 Å². The summed E-state index contributed by atoms with van der Waals surface area (Å²) in [5.74, 6) is 1.98. The molecule has 3 N–H and O–H groups in total. The molecule has 1 heterocycles. The number of nitrogens with zero attached hydrogens (tertiary/aromatic N) is 4. The number of nitrogens with one attached hydrogen (secondary N) is 3. The molecular formula is C14H26IN7O2. The molecule has 1 saturated carbocycles. The summed E-state index contributed by atoms with van der Waals surface area (Å²) >= 11 is 0. The van der Waals surface area contributed by atoms with Gasteiger partial charge in [0.1, 0.15) is 12.2 Å². The number of carbonyl (C=O) groups is 1. The first-order valence-corrected chi connectivity index (χ1v) is 7.84. The normalized spacial score (nSPS) is 15.2. The first kappa shape index (κ1) is 20.5. The summed E-state index contributed by atoms with van der Waals surface area (Å²) < 4.78 is 6.66. The standard InChI is InChI=1S/C14H25N7O2.HI/c1-4-23-14(22)20-11(10-5-6-10)7-16-13(15-2)17-8-12-18-9-19-21(12)3;/h9-11H,4-8H2,1-3H3,(H,20,22)(H2,15,16,17);1H. The van der Waals surface area contributed by atoms with Crippen LogP contribution < -0.4 is 16.0 Å². The second-order valence-electron chi connectivity index (χ2n) is 5.42. The van der Waals surface area contributed by atoms with Crippen molar-refractivity contribution in [3.8, 4) is 0 Å². The van der Waals surface area contributed by atoms with E-state index in [-0.39, 0.29) is 36.1 Å². The highest BCUT2D eigenvalue weighted by Gasteiger charge is 2.32. The van der Waals surface area contributed by atoms with Gasteiger partial charge in [-0.15, -0.1) is 24.0 Å². The lowest BCUT2D eigenvalue weighted by molar-refractivity contribution is 0.146. The molecule has 10 heteroatoms. The number of carbonyl (C=O) groups excluding carboxylic acids is 1. The second kappa shape index (κ2) is 10.3. The van der Waals surface area contributed by atoms with Crippen LogP contribution >= 0.6 is 24.0 Å². The van der Waals surface area contributed by atoms with Gasteiger partial charge in [0, 0.05) is 20.6 Å². The summed E-state index contributed by atoms with van der Waals surface area (Å²) in [6, 6.07) is 0.0439. The van der Waals surface area contributed by atoms with Gasteiger partial charge in [-0.1, -0.05) is 0 Å². The Kier molecular flexibility index (Phi) is 8.79. The van der Waals surface area contributed by atoms with Crippen molar-refractivity contribution in [3.05, 3.63) is 12.2 Å². The Balaban J connectivity index is 0.00000288. The molecule has 1 aromatic heterocycles. The van der Waals surface area contributed by atoms with Crippen LogP contribution in [0.25, 0.3) is 0 Å². The highest BCUT2D eigenvalue weighted by atomic mass is 127. The fourth-order valence-electron chi connectivity index (χ4n) is 2.23. The van der Waals surface area contributed by atoms with Crippen LogP contribution in [-0.2, 0) is 18.3 Å². The number of halogens is 1. The molecule has 1 aromatic rings. The molecule has 2 rings (SSSR count). The van der Waals surface area contributed by atoms with Crippen molar-refractivity contribution in [2.75, 3.05) is 20.2 Å². The molecule has 1 unspecified atom stereocenters. The van der Waals surface area contributed by atoms with Gasteiger partial charge in [-0.2, -0.15) is 5.10 Å². The zero-order valence-corrected chi connectivity index (χ0v) is 16.6. The van der Waals surface area contributed by atoms with E-state index in [0.717, 1.165) is 18.7 Å². The molecule has 1 atom stereocenters. The third-order valence-corrected chi connectivity index (χ3v) is 3.70. The SMILES string of the molecule is CCOC(=O)NC(CNC(=NC)NCc1ncnn1C)C1CC1.I. The number of aliphatic imine (C=N–C) groups is 1. The average molecular weight is 451 g/mol. The number of rotatable bonds is 7. The van der Waals surface area contributed by atoms with E-state index in [4.69, 9.17) is 4.74 Å². The molecule has 1 aliphatic carbocycles. The molecule has 1 fully saturated rings. The Morgan fingerprint density at radius 1 is 1.50 bits per heavy atom. The number of ether oxygens (including phenoxy) is 1. The van der Waals surface area contributed by atoms with Crippen LogP contribution in [0.15, 0.2) is 11.3 Å². The molecule has 0 spiro atoms. The highest BCUT2D eigenvalue weighted by Crippen LogP contribution is 2.32. The number of hydrogen-bond donors (Lipinski definition) is 3. The summed E-state index contributed by atoms with van der Waals surface area (Å²) in [5, 5.41) is 13.3. The van der Waals surface area contributed by atoms with Gasteiger partial charge < -0.3 is 20.7 Å². The summed E-state index contributed by atoms with van der Waals surface area (Å²) in [5.41, 5.74) is 0. The molecule has 0 aromatic carbocycles. The minimum Gasteiger partial charge on any atom is -0.450 e. The van der Waals surface area contributed by atoms with E-state index < -0.39 is 0 Å². The van der Waals surface area contributed by atoms with E-state index in [1.165, 1.54) is 6.33 Å². The molecule has 0 saturated heterocycles. The number of aromatic nitrogens is 3. The molecule has 0 radical (unpaired) electrons. The van der Waals surface area contributed by atoms with Crippen molar-refractivity contribution < 1.29 is 9.53 Å². The van der Waals surface area contributed by atoms with Gasteiger partial charge >= 0.3 is 6.09 Å². The molecular weight excluding hydrogens is 425 g/mol. The lowest BCUT2D eigenvalue weighted by Gasteiger charge is -2.20. The van der Waals surface area contributed by atoms with Crippen molar-refractivity contribution in [2.24, 2.45) is 18.0 Å². The largest absolute Gasteiger partial charge is 0.450 e. The van der Waals surface area contributed by atoms with Crippen molar-refractivity contribution in [1.29, 1.82) is 0 Å². The maximum atomic E-state index is 11.6. The number of alkyl carbamates (subject to hydrolysis) is 1. The number of aryl methyl sites for hydroxylation is 1. The van der Waals surface area contributed by atoms with E-state index >= 15 is 0 Å². The Morgan fingerprint density at radius 3 is 2.79 bits per heavy atom. The predicted molar refractivity (Wildman–Crippen MR) is 101 cm³/mol. The van der Waals surface area contributed by atoms with Gasteiger partial charge in [-0.05, 0) is 25.7 Å². The van der Waals surface area contributed by atoms with Gasteiger partial charge in [0.05, 0.1) is 19.2 Å². The summed E-state index contributed by atoms with van der Waals surface area (Å²) in [6.45, 7) is 3.29. The lowest BCUT2D eigenvalue weighted by Crippen LogP contribution is -2.48. The van der Waals surface area contributed by atoms with E-state index in [9.17, 15) is 4.79 Å². The topological polar surface area (TPSA) is 105 Å². The Hall–Kier alpha value is -1.59. The van der Waals surface area contributed by atoms with E-state index in [1.54, 1.807) is 18.7 Å². The quantitative estimate of drug-likeness (QED) is 0.319.